The van der Waals surface area contributed by atoms with E-state index in [-0.39, 0.29) is 0 Å². The third-order valence-corrected chi connectivity index (χ3v) is 6.17. The third-order valence-electron chi connectivity index (χ3n) is 3.93. The fourth-order valence-corrected chi connectivity index (χ4v) is 4.64. The normalized spacial score (nSPS) is 13.3. The van der Waals surface area contributed by atoms with Gasteiger partial charge in [-0.15, -0.1) is 10.2 Å². The molecule has 0 saturated heterocycles. The Morgan fingerprint density at radius 3 is 2.62 bits per heavy atom. The van der Waals surface area contributed by atoms with Gasteiger partial charge in [-0.3, -0.25) is 0 Å². The van der Waals surface area contributed by atoms with Gasteiger partial charge < -0.3 is 10.5 Å². The van der Waals surface area contributed by atoms with Crippen molar-refractivity contribution in [2.75, 3.05) is 18.6 Å². The van der Waals surface area contributed by atoms with Gasteiger partial charge in [-0.25, -0.2) is 0 Å². The Balaban J connectivity index is 1.83. The Morgan fingerprint density at radius 1 is 1.15 bits per heavy atom. The molecule has 0 saturated carbocycles. The molecule has 0 atom stereocenters. The molecule has 3 aromatic rings. The van der Waals surface area contributed by atoms with Crippen LogP contribution in [0, 0.1) is 0 Å². The number of aromatic nitrogens is 3. The largest absolute Gasteiger partial charge is 0.496 e. The number of rotatable bonds is 3. The molecule has 2 N–H and O–H groups in total. The lowest BCUT2D eigenvalue weighted by Crippen LogP contribution is -2.14. The van der Waals surface area contributed by atoms with Crippen molar-refractivity contribution in [3.63, 3.8) is 0 Å². The molecule has 0 fully saturated rings. The van der Waals surface area contributed by atoms with Crippen molar-refractivity contribution < 1.29 is 4.74 Å². The summed E-state index contributed by atoms with van der Waals surface area (Å²) >= 11 is 8.58. The zero-order chi connectivity index (χ0) is 18.3. The van der Waals surface area contributed by atoms with Crippen LogP contribution in [0.4, 0.5) is 5.69 Å². The molecule has 6 nitrogen and oxygen atoms in total. The fraction of sp³-hybridized carbons (Fsp3) is 0.118. The minimum atomic E-state index is 0.649. The van der Waals surface area contributed by atoms with Crippen LogP contribution in [0.5, 0.6) is 5.75 Å². The Hall–Kier alpha value is -1.84. The summed E-state index contributed by atoms with van der Waals surface area (Å²) in [6.07, 6.45) is 0. The van der Waals surface area contributed by atoms with Crippen molar-refractivity contribution in [1.82, 2.24) is 14.9 Å². The number of nitrogens with two attached hydrogens (primary N) is 1. The first-order valence-corrected chi connectivity index (χ1v) is 10.2. The third kappa shape index (κ3) is 3.04. The highest BCUT2D eigenvalue weighted by Crippen LogP contribution is 2.35. The lowest BCUT2D eigenvalue weighted by molar-refractivity contribution is 0.416. The van der Waals surface area contributed by atoms with Gasteiger partial charge in [0.05, 0.1) is 24.1 Å². The molecule has 0 unspecified atom stereocenters. The number of hydrogen-bond acceptors (Lipinski definition) is 6. The van der Waals surface area contributed by atoms with Crippen LogP contribution in [0.25, 0.3) is 11.4 Å². The standard InChI is InChI=1S/C17H13Br2N5OS/c1-25-14-5-3-2-4-10(14)16-21-22-17-24(16)23-13(8-26-17)9-6-11(18)15(20)12(19)7-9/h2-7H,8,20H2,1H3. The minimum Gasteiger partial charge on any atom is -0.496 e. The van der Waals surface area contributed by atoms with E-state index in [0.29, 0.717) is 17.3 Å². The van der Waals surface area contributed by atoms with E-state index in [4.69, 9.17) is 15.6 Å². The Bertz CT molecular complexity index is 1010. The number of nitrogens with zero attached hydrogens (tertiary/aromatic N) is 4. The van der Waals surface area contributed by atoms with Crippen molar-refractivity contribution in [2.45, 2.75) is 5.16 Å². The van der Waals surface area contributed by atoms with E-state index in [1.165, 1.54) is 0 Å². The molecule has 132 valence electrons. The molecule has 4 rings (SSSR count). The molecule has 0 radical (unpaired) electrons. The van der Waals surface area contributed by atoms with Crippen molar-refractivity contribution in [2.24, 2.45) is 5.10 Å². The summed E-state index contributed by atoms with van der Waals surface area (Å²) in [5, 5.41) is 14.1. The number of methoxy groups -OCH3 is 1. The molecule has 0 spiro atoms. The number of nitrogen functional groups attached to an aromatic ring is 1. The SMILES string of the molecule is COc1ccccc1-c1nnc2n1N=C(c1cc(Br)c(N)c(Br)c1)CS2. The second kappa shape index (κ2) is 7.05. The summed E-state index contributed by atoms with van der Waals surface area (Å²) in [4.78, 5) is 0. The van der Waals surface area contributed by atoms with Crippen molar-refractivity contribution in [3.05, 3.63) is 50.9 Å². The minimum absolute atomic E-state index is 0.649. The van der Waals surface area contributed by atoms with Crippen LogP contribution in [0.3, 0.4) is 0 Å². The van der Waals surface area contributed by atoms with Crippen LogP contribution >= 0.6 is 43.6 Å². The smallest absolute Gasteiger partial charge is 0.212 e. The highest BCUT2D eigenvalue weighted by molar-refractivity contribution is 9.11. The second-order valence-electron chi connectivity index (χ2n) is 5.51. The van der Waals surface area contributed by atoms with Gasteiger partial charge in [-0.2, -0.15) is 9.78 Å². The van der Waals surface area contributed by atoms with Gasteiger partial charge in [0.1, 0.15) is 5.75 Å². The van der Waals surface area contributed by atoms with Crippen molar-refractivity contribution in [1.29, 1.82) is 0 Å². The number of hydrogen-bond donors (Lipinski definition) is 1. The maximum absolute atomic E-state index is 5.99. The first-order chi connectivity index (χ1) is 12.6. The fourth-order valence-electron chi connectivity index (χ4n) is 2.62. The zero-order valence-corrected chi connectivity index (χ0v) is 17.6. The molecule has 26 heavy (non-hydrogen) atoms. The van der Waals surface area contributed by atoms with Crippen molar-refractivity contribution in [3.8, 4) is 17.1 Å². The van der Waals surface area contributed by atoms with E-state index in [9.17, 15) is 0 Å². The number of benzene rings is 2. The van der Waals surface area contributed by atoms with Gasteiger partial charge in [0.2, 0.25) is 5.16 Å². The van der Waals surface area contributed by atoms with Gasteiger partial charge >= 0.3 is 0 Å². The number of anilines is 1. The predicted molar refractivity (Wildman–Crippen MR) is 111 cm³/mol. The van der Waals surface area contributed by atoms with Gasteiger partial charge in [-0.05, 0) is 56.1 Å². The van der Waals surface area contributed by atoms with Crippen LogP contribution in [0.2, 0.25) is 0 Å². The average molecular weight is 495 g/mol. The van der Waals surface area contributed by atoms with Gasteiger partial charge in [0, 0.05) is 20.3 Å². The molecular formula is C17H13Br2N5OS. The van der Waals surface area contributed by atoms with Gasteiger partial charge in [-0.1, -0.05) is 23.9 Å². The molecule has 1 aromatic heterocycles. The second-order valence-corrected chi connectivity index (χ2v) is 8.16. The summed E-state index contributed by atoms with van der Waals surface area (Å²) in [6.45, 7) is 0. The summed E-state index contributed by atoms with van der Waals surface area (Å²) in [6, 6.07) is 11.6. The van der Waals surface area contributed by atoms with E-state index in [2.05, 4.69) is 42.1 Å². The Kier molecular flexibility index (Phi) is 4.76. The summed E-state index contributed by atoms with van der Waals surface area (Å²) < 4.78 is 8.87. The summed E-state index contributed by atoms with van der Waals surface area (Å²) in [7, 11) is 1.64. The Morgan fingerprint density at radius 2 is 1.88 bits per heavy atom. The number of ether oxygens (including phenoxy) is 1. The molecule has 2 aromatic carbocycles. The van der Waals surface area contributed by atoms with E-state index in [0.717, 1.165) is 36.7 Å². The highest BCUT2D eigenvalue weighted by Gasteiger charge is 2.23. The van der Waals surface area contributed by atoms with Crippen molar-refractivity contribution >= 4 is 55.0 Å². The number of para-hydroxylation sites is 1. The lowest BCUT2D eigenvalue weighted by Gasteiger charge is -2.15. The number of halogens is 2. The molecule has 0 aliphatic carbocycles. The average Bonchev–Trinajstić information content (AvgIpc) is 3.08. The van der Waals surface area contributed by atoms with E-state index >= 15 is 0 Å². The van der Waals surface area contributed by atoms with Gasteiger partial charge in [0.15, 0.2) is 5.82 Å². The number of thioether (sulfide) groups is 1. The topological polar surface area (TPSA) is 78.3 Å². The van der Waals surface area contributed by atoms with Crippen LogP contribution < -0.4 is 10.5 Å². The van der Waals surface area contributed by atoms with Gasteiger partial charge in [0.25, 0.3) is 0 Å². The molecular weight excluding hydrogens is 482 g/mol. The maximum atomic E-state index is 5.99. The van der Waals surface area contributed by atoms with Crippen LogP contribution in [-0.2, 0) is 0 Å². The van der Waals surface area contributed by atoms with E-state index in [1.807, 2.05) is 36.4 Å². The molecule has 1 aliphatic rings. The quantitative estimate of drug-likeness (QED) is 0.545. The first kappa shape index (κ1) is 17.6. The summed E-state index contributed by atoms with van der Waals surface area (Å²) in [5.41, 5.74) is 9.40. The monoisotopic (exact) mass is 493 g/mol. The van der Waals surface area contributed by atoms with E-state index in [1.54, 1.807) is 23.5 Å². The molecule has 2 heterocycles. The molecule has 9 heteroatoms. The van der Waals surface area contributed by atoms with Crippen LogP contribution in [0.1, 0.15) is 5.56 Å². The zero-order valence-electron chi connectivity index (χ0n) is 13.6. The highest BCUT2D eigenvalue weighted by atomic mass is 79.9. The van der Waals surface area contributed by atoms with Crippen LogP contribution in [-0.4, -0.2) is 33.4 Å². The van der Waals surface area contributed by atoms with Crippen LogP contribution in [0.15, 0.2) is 55.6 Å². The Labute approximate surface area is 171 Å². The van der Waals surface area contributed by atoms with E-state index < -0.39 is 0 Å². The number of fused-ring (bicyclic) bond motifs is 1. The molecule has 1 aliphatic heterocycles. The molecule has 0 amide bonds. The first-order valence-electron chi connectivity index (χ1n) is 7.63. The summed E-state index contributed by atoms with van der Waals surface area (Å²) in [5.74, 6) is 2.08. The predicted octanol–water partition coefficient (Wildman–Crippen LogP) is 4.42. The maximum Gasteiger partial charge on any atom is 0.212 e. The lowest BCUT2D eigenvalue weighted by atomic mass is 10.1. The molecule has 0 bridgehead atoms.